The first kappa shape index (κ1) is 14.9. The fraction of sp³-hybridized carbons (Fsp3) is 0.294. The zero-order valence-corrected chi connectivity index (χ0v) is 12.4. The summed E-state index contributed by atoms with van der Waals surface area (Å²) in [6, 6.07) is 16.1. The first-order valence-electron chi connectivity index (χ1n) is 6.86. The van der Waals surface area contributed by atoms with E-state index >= 15 is 0 Å². The van der Waals surface area contributed by atoms with E-state index in [0.29, 0.717) is 6.61 Å². The Balaban J connectivity index is 1.96. The first-order valence-corrected chi connectivity index (χ1v) is 7.23. The molecular formula is C17H20ClNO. The van der Waals surface area contributed by atoms with Crippen molar-refractivity contribution in [1.29, 1.82) is 0 Å². The number of rotatable bonds is 6. The number of nitrogens with two attached hydrogens (primary N) is 1. The summed E-state index contributed by atoms with van der Waals surface area (Å²) in [4.78, 5) is 0. The molecule has 0 heterocycles. The second-order valence-electron chi connectivity index (χ2n) is 5.04. The third kappa shape index (κ3) is 4.55. The Morgan fingerprint density at radius 1 is 1.15 bits per heavy atom. The van der Waals surface area contributed by atoms with E-state index in [2.05, 4.69) is 12.1 Å². The van der Waals surface area contributed by atoms with Gasteiger partial charge in [0.05, 0.1) is 0 Å². The summed E-state index contributed by atoms with van der Waals surface area (Å²) < 4.78 is 5.80. The van der Waals surface area contributed by atoms with E-state index in [4.69, 9.17) is 22.1 Å². The van der Waals surface area contributed by atoms with Gasteiger partial charge in [-0.2, -0.15) is 0 Å². The number of aryl methyl sites for hydroxylation is 1. The summed E-state index contributed by atoms with van der Waals surface area (Å²) in [6.45, 7) is 2.51. The van der Waals surface area contributed by atoms with Crippen molar-refractivity contribution in [3.8, 4) is 5.75 Å². The van der Waals surface area contributed by atoms with Crippen molar-refractivity contribution in [1.82, 2.24) is 0 Å². The average Bonchev–Trinajstić information content (AvgIpc) is 2.45. The third-order valence-corrected chi connectivity index (χ3v) is 3.51. The van der Waals surface area contributed by atoms with Crippen LogP contribution in [0.25, 0.3) is 0 Å². The van der Waals surface area contributed by atoms with Crippen molar-refractivity contribution in [2.75, 3.05) is 0 Å². The largest absolute Gasteiger partial charge is 0.489 e. The van der Waals surface area contributed by atoms with Crippen LogP contribution in [0.2, 0.25) is 5.02 Å². The highest BCUT2D eigenvalue weighted by Crippen LogP contribution is 2.20. The molecule has 0 aliphatic heterocycles. The van der Waals surface area contributed by atoms with Gasteiger partial charge in [-0.15, -0.1) is 0 Å². The highest BCUT2D eigenvalue weighted by Gasteiger charge is 2.02. The second kappa shape index (κ2) is 7.32. The molecule has 0 amide bonds. The summed E-state index contributed by atoms with van der Waals surface area (Å²) in [7, 11) is 0. The van der Waals surface area contributed by atoms with Crippen LogP contribution in [0.1, 0.15) is 24.5 Å². The molecule has 106 valence electrons. The van der Waals surface area contributed by atoms with Gasteiger partial charge in [0.1, 0.15) is 12.4 Å². The van der Waals surface area contributed by atoms with E-state index in [0.717, 1.165) is 29.2 Å². The van der Waals surface area contributed by atoms with Crippen molar-refractivity contribution in [2.24, 2.45) is 5.73 Å². The monoisotopic (exact) mass is 289 g/mol. The maximum Gasteiger partial charge on any atom is 0.120 e. The van der Waals surface area contributed by atoms with Gasteiger partial charge in [0.2, 0.25) is 0 Å². The zero-order chi connectivity index (χ0) is 14.4. The topological polar surface area (TPSA) is 35.2 Å². The van der Waals surface area contributed by atoms with Crippen LogP contribution in [0.4, 0.5) is 0 Å². The summed E-state index contributed by atoms with van der Waals surface area (Å²) in [5.74, 6) is 0.868. The number of ether oxygens (including phenoxy) is 1. The molecule has 3 heteroatoms. The van der Waals surface area contributed by atoms with Gasteiger partial charge < -0.3 is 10.5 Å². The molecule has 0 bridgehead atoms. The summed E-state index contributed by atoms with van der Waals surface area (Å²) in [5.41, 5.74) is 8.03. The molecule has 0 saturated carbocycles. The molecule has 1 atom stereocenters. The molecule has 2 N–H and O–H groups in total. The number of halogens is 1. The van der Waals surface area contributed by atoms with Crippen LogP contribution in [-0.2, 0) is 13.0 Å². The van der Waals surface area contributed by atoms with Crippen LogP contribution < -0.4 is 10.5 Å². The fourth-order valence-electron chi connectivity index (χ4n) is 1.96. The van der Waals surface area contributed by atoms with Gasteiger partial charge in [0.25, 0.3) is 0 Å². The average molecular weight is 290 g/mol. The highest BCUT2D eigenvalue weighted by molar-refractivity contribution is 6.31. The molecule has 0 radical (unpaired) electrons. The Labute approximate surface area is 125 Å². The lowest BCUT2D eigenvalue weighted by atomic mass is 10.1. The molecule has 1 unspecified atom stereocenters. The van der Waals surface area contributed by atoms with Crippen molar-refractivity contribution in [2.45, 2.75) is 32.4 Å². The molecule has 20 heavy (non-hydrogen) atoms. The Morgan fingerprint density at radius 3 is 2.70 bits per heavy atom. The van der Waals surface area contributed by atoms with Gasteiger partial charge in [-0.25, -0.2) is 0 Å². The van der Waals surface area contributed by atoms with Gasteiger partial charge in [-0.1, -0.05) is 41.9 Å². The molecule has 2 rings (SSSR count). The second-order valence-corrected chi connectivity index (χ2v) is 5.45. The summed E-state index contributed by atoms with van der Waals surface area (Å²) >= 11 is 6.11. The van der Waals surface area contributed by atoms with Crippen molar-refractivity contribution >= 4 is 11.6 Å². The summed E-state index contributed by atoms with van der Waals surface area (Å²) in [6.07, 6.45) is 1.95. The molecule has 2 aromatic carbocycles. The maximum absolute atomic E-state index is 6.11. The molecule has 2 nitrogen and oxygen atoms in total. The van der Waals surface area contributed by atoms with Crippen molar-refractivity contribution < 1.29 is 4.74 Å². The normalized spacial score (nSPS) is 12.2. The lowest BCUT2D eigenvalue weighted by Gasteiger charge is -2.10. The smallest absolute Gasteiger partial charge is 0.120 e. The van der Waals surface area contributed by atoms with E-state index < -0.39 is 0 Å². The Bertz CT molecular complexity index is 554. The Morgan fingerprint density at radius 2 is 1.95 bits per heavy atom. The van der Waals surface area contributed by atoms with E-state index in [1.807, 2.05) is 43.3 Å². The van der Waals surface area contributed by atoms with Gasteiger partial charge in [-0.05, 0) is 43.5 Å². The van der Waals surface area contributed by atoms with Crippen LogP contribution in [-0.4, -0.2) is 6.04 Å². The fourth-order valence-corrected chi connectivity index (χ4v) is 2.15. The molecule has 0 aliphatic rings. The Kier molecular flexibility index (Phi) is 5.45. The Hall–Kier alpha value is -1.51. The molecule has 0 fully saturated rings. The molecule has 0 aliphatic carbocycles. The van der Waals surface area contributed by atoms with Gasteiger partial charge in [0.15, 0.2) is 0 Å². The van der Waals surface area contributed by atoms with Gasteiger partial charge in [-0.3, -0.25) is 0 Å². The molecule has 0 spiro atoms. The predicted molar refractivity (Wildman–Crippen MR) is 84.2 cm³/mol. The van der Waals surface area contributed by atoms with E-state index in [9.17, 15) is 0 Å². The number of hydrogen-bond donors (Lipinski definition) is 1. The predicted octanol–water partition coefficient (Wildman–Crippen LogP) is 4.20. The van der Waals surface area contributed by atoms with E-state index in [1.54, 1.807) is 0 Å². The number of benzene rings is 2. The maximum atomic E-state index is 6.11. The third-order valence-electron chi connectivity index (χ3n) is 3.14. The quantitative estimate of drug-likeness (QED) is 0.865. The minimum atomic E-state index is 0.225. The SMILES string of the molecule is CC(N)CCc1cccc(OCc2ccccc2Cl)c1. The molecule has 2 aromatic rings. The zero-order valence-electron chi connectivity index (χ0n) is 11.7. The van der Waals surface area contributed by atoms with E-state index in [1.165, 1.54) is 5.56 Å². The molecule has 0 aromatic heterocycles. The lowest BCUT2D eigenvalue weighted by molar-refractivity contribution is 0.306. The van der Waals surface area contributed by atoms with Crippen LogP contribution in [0, 0.1) is 0 Å². The van der Waals surface area contributed by atoms with Crippen LogP contribution >= 0.6 is 11.6 Å². The van der Waals surface area contributed by atoms with Crippen molar-refractivity contribution in [3.05, 3.63) is 64.7 Å². The van der Waals surface area contributed by atoms with Crippen molar-refractivity contribution in [3.63, 3.8) is 0 Å². The standard InChI is InChI=1S/C17H20ClNO/c1-13(19)9-10-14-5-4-7-16(11-14)20-12-15-6-2-3-8-17(15)18/h2-8,11,13H,9-10,12,19H2,1H3. The minimum absolute atomic E-state index is 0.225. The van der Waals surface area contributed by atoms with Crippen LogP contribution in [0.15, 0.2) is 48.5 Å². The van der Waals surface area contributed by atoms with Gasteiger partial charge >= 0.3 is 0 Å². The molecular weight excluding hydrogens is 270 g/mol. The number of hydrogen-bond acceptors (Lipinski definition) is 2. The van der Waals surface area contributed by atoms with Gasteiger partial charge in [0, 0.05) is 16.6 Å². The summed E-state index contributed by atoms with van der Waals surface area (Å²) in [5, 5.41) is 0.737. The van der Waals surface area contributed by atoms with Crippen LogP contribution in [0.3, 0.4) is 0 Å². The first-order chi connectivity index (χ1) is 9.65. The highest BCUT2D eigenvalue weighted by atomic mass is 35.5. The lowest BCUT2D eigenvalue weighted by Crippen LogP contribution is -2.15. The van der Waals surface area contributed by atoms with Crippen LogP contribution in [0.5, 0.6) is 5.75 Å². The van der Waals surface area contributed by atoms with E-state index in [-0.39, 0.29) is 6.04 Å². The molecule has 0 saturated heterocycles. The minimum Gasteiger partial charge on any atom is -0.489 e.